The Morgan fingerprint density at radius 2 is 2.00 bits per heavy atom. The summed E-state index contributed by atoms with van der Waals surface area (Å²) in [5, 5.41) is 10.7. The zero-order valence-corrected chi connectivity index (χ0v) is 12.2. The van der Waals surface area contributed by atoms with Gasteiger partial charge in [-0.1, -0.05) is 18.2 Å². The highest BCUT2D eigenvalue weighted by atomic mass is 32.2. The van der Waals surface area contributed by atoms with Crippen molar-refractivity contribution in [1.82, 2.24) is 4.72 Å². The number of thiophene rings is 1. The van der Waals surface area contributed by atoms with Crippen LogP contribution in [0.2, 0.25) is 0 Å². The van der Waals surface area contributed by atoms with Crippen LogP contribution in [0.15, 0.2) is 40.6 Å². The summed E-state index contributed by atoms with van der Waals surface area (Å²) in [7, 11) is -3.66. The fourth-order valence-electron chi connectivity index (χ4n) is 1.78. The van der Waals surface area contributed by atoms with Gasteiger partial charge in [0.1, 0.15) is 5.82 Å². The average molecular weight is 315 g/mol. The van der Waals surface area contributed by atoms with Crippen LogP contribution in [0.4, 0.5) is 4.39 Å². The molecule has 0 fully saturated rings. The molecule has 0 saturated carbocycles. The molecule has 4 nitrogen and oxygen atoms in total. The minimum atomic E-state index is -3.66. The third-order valence-electron chi connectivity index (χ3n) is 2.78. The Bertz CT molecular complexity index is 682. The Morgan fingerprint density at radius 3 is 2.70 bits per heavy atom. The second-order valence-electron chi connectivity index (χ2n) is 4.11. The van der Waals surface area contributed by atoms with E-state index in [4.69, 9.17) is 5.11 Å². The number of halogens is 1. The first kappa shape index (κ1) is 15.1. The molecule has 7 heteroatoms. The fraction of sp³-hybridized carbons (Fsp3) is 0.231. The third kappa shape index (κ3) is 3.43. The van der Waals surface area contributed by atoms with E-state index in [2.05, 4.69) is 4.72 Å². The number of benzene rings is 1. The van der Waals surface area contributed by atoms with Crippen LogP contribution in [0, 0.1) is 5.82 Å². The Hall–Kier alpha value is -1.28. The second-order valence-corrected chi connectivity index (χ2v) is 6.84. The number of aliphatic hydroxyl groups is 1. The van der Waals surface area contributed by atoms with Crippen molar-refractivity contribution in [2.75, 3.05) is 6.54 Å². The molecular formula is C13H14FNO3S2. The Labute approximate surface area is 120 Å². The van der Waals surface area contributed by atoms with Crippen LogP contribution in [0.25, 0.3) is 0 Å². The van der Waals surface area contributed by atoms with Gasteiger partial charge < -0.3 is 5.11 Å². The van der Waals surface area contributed by atoms with E-state index in [1.807, 2.05) is 0 Å². The van der Waals surface area contributed by atoms with Gasteiger partial charge in [0.15, 0.2) is 0 Å². The summed E-state index contributed by atoms with van der Waals surface area (Å²) >= 11 is 1.18. The SMILES string of the molecule is O=S(=O)(NCCc1ccccc1F)c1ccsc1CO. The molecule has 0 radical (unpaired) electrons. The van der Waals surface area contributed by atoms with Crippen molar-refractivity contribution in [3.8, 4) is 0 Å². The zero-order valence-electron chi connectivity index (χ0n) is 10.5. The van der Waals surface area contributed by atoms with Crippen LogP contribution in [-0.2, 0) is 23.1 Å². The summed E-state index contributed by atoms with van der Waals surface area (Å²) < 4.78 is 39.9. The number of rotatable bonds is 6. The van der Waals surface area contributed by atoms with E-state index in [9.17, 15) is 12.8 Å². The lowest BCUT2D eigenvalue weighted by Gasteiger charge is -2.07. The largest absolute Gasteiger partial charge is 0.391 e. The molecule has 0 saturated heterocycles. The summed E-state index contributed by atoms with van der Waals surface area (Å²) in [5.74, 6) is -0.349. The summed E-state index contributed by atoms with van der Waals surface area (Å²) in [6, 6.07) is 7.69. The summed E-state index contributed by atoms with van der Waals surface area (Å²) in [6.45, 7) is -0.217. The maximum Gasteiger partial charge on any atom is 0.241 e. The highest BCUT2D eigenvalue weighted by Crippen LogP contribution is 2.21. The lowest BCUT2D eigenvalue weighted by atomic mass is 10.1. The molecule has 1 aromatic carbocycles. The van der Waals surface area contributed by atoms with Crippen molar-refractivity contribution in [3.05, 3.63) is 52.0 Å². The molecule has 0 spiro atoms. The normalized spacial score (nSPS) is 11.7. The van der Waals surface area contributed by atoms with Crippen LogP contribution >= 0.6 is 11.3 Å². The fourth-order valence-corrected chi connectivity index (χ4v) is 4.11. The van der Waals surface area contributed by atoms with E-state index in [0.29, 0.717) is 10.4 Å². The van der Waals surface area contributed by atoms with E-state index in [-0.39, 0.29) is 30.3 Å². The minimum Gasteiger partial charge on any atom is -0.391 e. The highest BCUT2D eigenvalue weighted by molar-refractivity contribution is 7.89. The first-order valence-corrected chi connectivity index (χ1v) is 8.31. The molecule has 0 atom stereocenters. The Kier molecular flexibility index (Phi) is 4.87. The van der Waals surface area contributed by atoms with Gasteiger partial charge in [-0.15, -0.1) is 11.3 Å². The van der Waals surface area contributed by atoms with Crippen LogP contribution in [-0.4, -0.2) is 20.1 Å². The lowest BCUT2D eigenvalue weighted by Crippen LogP contribution is -2.26. The van der Waals surface area contributed by atoms with Crippen LogP contribution in [0.1, 0.15) is 10.4 Å². The van der Waals surface area contributed by atoms with Crippen LogP contribution in [0.3, 0.4) is 0 Å². The van der Waals surface area contributed by atoms with Gasteiger partial charge in [0.05, 0.1) is 11.5 Å². The van der Waals surface area contributed by atoms with E-state index < -0.39 is 10.0 Å². The molecule has 0 aliphatic heterocycles. The van der Waals surface area contributed by atoms with E-state index in [1.165, 1.54) is 23.5 Å². The summed E-state index contributed by atoms with van der Waals surface area (Å²) in [4.78, 5) is 0.474. The molecule has 1 aromatic heterocycles. The van der Waals surface area contributed by atoms with Gasteiger partial charge in [-0.05, 0) is 29.5 Å². The average Bonchev–Trinajstić information content (AvgIpc) is 2.90. The first-order chi connectivity index (χ1) is 9.54. The summed E-state index contributed by atoms with van der Waals surface area (Å²) in [5.41, 5.74) is 0.461. The van der Waals surface area contributed by atoms with Gasteiger partial charge in [-0.25, -0.2) is 17.5 Å². The number of sulfonamides is 1. The monoisotopic (exact) mass is 315 g/mol. The molecule has 0 aliphatic rings. The van der Waals surface area contributed by atoms with Crippen molar-refractivity contribution in [3.63, 3.8) is 0 Å². The zero-order chi connectivity index (χ0) is 14.6. The van der Waals surface area contributed by atoms with Gasteiger partial charge in [0.25, 0.3) is 0 Å². The van der Waals surface area contributed by atoms with E-state index >= 15 is 0 Å². The smallest absolute Gasteiger partial charge is 0.241 e. The number of hydrogen-bond acceptors (Lipinski definition) is 4. The number of aliphatic hydroxyl groups excluding tert-OH is 1. The van der Waals surface area contributed by atoms with Gasteiger partial charge in [-0.3, -0.25) is 0 Å². The highest BCUT2D eigenvalue weighted by Gasteiger charge is 2.18. The number of nitrogens with one attached hydrogen (secondary N) is 1. The van der Waals surface area contributed by atoms with Crippen molar-refractivity contribution in [2.24, 2.45) is 0 Å². The van der Waals surface area contributed by atoms with Gasteiger partial charge in [-0.2, -0.15) is 0 Å². The van der Waals surface area contributed by atoms with Gasteiger partial charge in [0, 0.05) is 11.4 Å². The maximum absolute atomic E-state index is 13.4. The van der Waals surface area contributed by atoms with Crippen molar-refractivity contribution in [1.29, 1.82) is 0 Å². The molecule has 0 amide bonds. The van der Waals surface area contributed by atoms with Crippen molar-refractivity contribution < 1.29 is 17.9 Å². The maximum atomic E-state index is 13.4. The minimum absolute atomic E-state index is 0.0820. The van der Waals surface area contributed by atoms with Gasteiger partial charge in [0.2, 0.25) is 10.0 Å². The van der Waals surface area contributed by atoms with E-state index in [1.54, 1.807) is 23.6 Å². The molecule has 0 aliphatic carbocycles. The third-order valence-corrected chi connectivity index (χ3v) is 5.36. The molecule has 108 valence electrons. The predicted octanol–water partition coefficient (Wildman–Crippen LogP) is 1.90. The molecular weight excluding hydrogens is 301 g/mol. The quantitative estimate of drug-likeness (QED) is 0.855. The first-order valence-electron chi connectivity index (χ1n) is 5.95. The molecule has 2 aromatic rings. The summed E-state index contributed by atoms with van der Waals surface area (Å²) in [6.07, 6.45) is 0.268. The van der Waals surface area contributed by atoms with Crippen molar-refractivity contribution >= 4 is 21.4 Å². The Morgan fingerprint density at radius 1 is 1.25 bits per heavy atom. The molecule has 2 rings (SSSR count). The molecule has 0 unspecified atom stereocenters. The predicted molar refractivity (Wildman–Crippen MR) is 75.5 cm³/mol. The lowest BCUT2D eigenvalue weighted by molar-refractivity contribution is 0.282. The standard InChI is InChI=1S/C13H14FNO3S2/c14-11-4-2-1-3-10(11)5-7-15-20(17,18)13-6-8-19-12(13)9-16/h1-4,6,8,15-16H,5,7,9H2. The van der Waals surface area contributed by atoms with Crippen LogP contribution < -0.4 is 4.72 Å². The molecule has 0 bridgehead atoms. The van der Waals surface area contributed by atoms with E-state index in [0.717, 1.165) is 0 Å². The molecule has 20 heavy (non-hydrogen) atoms. The van der Waals surface area contributed by atoms with Crippen LogP contribution in [0.5, 0.6) is 0 Å². The van der Waals surface area contributed by atoms with Crippen molar-refractivity contribution in [2.45, 2.75) is 17.9 Å². The number of hydrogen-bond donors (Lipinski definition) is 2. The topological polar surface area (TPSA) is 66.4 Å². The Balaban J connectivity index is 2.02. The molecule has 2 N–H and O–H groups in total. The molecule has 1 heterocycles. The van der Waals surface area contributed by atoms with Gasteiger partial charge >= 0.3 is 0 Å². The second kappa shape index (κ2) is 6.45.